The van der Waals surface area contributed by atoms with Crippen molar-refractivity contribution in [1.29, 1.82) is 0 Å². The Morgan fingerprint density at radius 1 is 1.00 bits per heavy atom. The molecule has 1 fully saturated rings. The van der Waals surface area contributed by atoms with Crippen LogP contribution in [0.1, 0.15) is 50.5 Å². The summed E-state index contributed by atoms with van der Waals surface area (Å²) in [4.78, 5) is 61.8. The third-order valence-electron chi connectivity index (χ3n) is 7.12. The summed E-state index contributed by atoms with van der Waals surface area (Å²) in [6, 6.07) is 6.87. The Bertz CT molecular complexity index is 1240. The maximum Gasteiger partial charge on any atom is 0.243 e. The lowest BCUT2D eigenvalue weighted by Crippen LogP contribution is -2.56. The molecule has 1 aromatic heterocycles. The molecule has 3 unspecified atom stereocenters. The molecule has 1 aromatic carbocycles. The van der Waals surface area contributed by atoms with Gasteiger partial charge in [-0.25, -0.2) is 0 Å². The Morgan fingerprint density at radius 3 is 2.49 bits per heavy atom. The number of pyridine rings is 1. The SMILES string of the molecule is NCCCCC(NC(=O)C1CCCN1C(=O)Cc1cccc2cccnc12)C(=O)NC(CCCN=C(N)N)C(N)=O. The average Bonchev–Trinajstić information content (AvgIpc) is 3.44. The number of primary amides is 1. The number of amides is 4. The molecular weight excluding hydrogens is 526 g/mol. The van der Waals surface area contributed by atoms with Crippen molar-refractivity contribution in [2.45, 2.75) is 69.5 Å². The van der Waals surface area contributed by atoms with Crippen molar-refractivity contribution in [2.75, 3.05) is 19.6 Å². The van der Waals surface area contributed by atoms with Gasteiger partial charge in [0.05, 0.1) is 11.9 Å². The fourth-order valence-electron chi connectivity index (χ4n) is 5.00. The van der Waals surface area contributed by atoms with Gasteiger partial charge in [-0.2, -0.15) is 0 Å². The highest BCUT2D eigenvalue weighted by Crippen LogP contribution is 2.22. The minimum Gasteiger partial charge on any atom is -0.370 e. The Labute approximate surface area is 239 Å². The molecule has 3 rings (SSSR count). The van der Waals surface area contributed by atoms with E-state index in [1.54, 1.807) is 11.1 Å². The fraction of sp³-hybridized carbons (Fsp3) is 0.500. The van der Waals surface area contributed by atoms with E-state index >= 15 is 0 Å². The van der Waals surface area contributed by atoms with E-state index < -0.39 is 35.8 Å². The van der Waals surface area contributed by atoms with Gasteiger partial charge in [0.2, 0.25) is 23.6 Å². The second-order valence-corrected chi connectivity index (χ2v) is 10.2. The first-order valence-electron chi connectivity index (χ1n) is 14.0. The van der Waals surface area contributed by atoms with E-state index in [-0.39, 0.29) is 31.3 Å². The number of fused-ring (bicyclic) bond motifs is 1. The third kappa shape index (κ3) is 9.13. The van der Waals surface area contributed by atoms with Gasteiger partial charge in [0.15, 0.2) is 5.96 Å². The molecule has 0 radical (unpaired) electrons. The molecule has 2 heterocycles. The summed E-state index contributed by atoms with van der Waals surface area (Å²) < 4.78 is 0. The number of benzene rings is 1. The zero-order valence-electron chi connectivity index (χ0n) is 23.3. The number of likely N-dealkylation sites (tertiary alicyclic amines) is 1. The largest absolute Gasteiger partial charge is 0.370 e. The molecule has 4 amide bonds. The Hall–Kier alpha value is -4.26. The number of nitrogens with two attached hydrogens (primary N) is 4. The van der Waals surface area contributed by atoms with Crippen LogP contribution in [-0.2, 0) is 25.6 Å². The molecule has 1 aliphatic heterocycles. The summed E-state index contributed by atoms with van der Waals surface area (Å²) in [5, 5.41) is 6.41. The van der Waals surface area contributed by atoms with Gasteiger partial charge in [-0.3, -0.25) is 29.2 Å². The maximum absolute atomic E-state index is 13.4. The molecule has 13 nitrogen and oxygen atoms in total. The first-order chi connectivity index (χ1) is 19.7. The van der Waals surface area contributed by atoms with Crippen molar-refractivity contribution in [2.24, 2.45) is 27.9 Å². The highest BCUT2D eigenvalue weighted by atomic mass is 16.2. The number of rotatable bonds is 15. The minimum atomic E-state index is -0.954. The average molecular weight is 568 g/mol. The van der Waals surface area contributed by atoms with Gasteiger partial charge in [-0.15, -0.1) is 0 Å². The van der Waals surface area contributed by atoms with Crippen LogP contribution in [0.5, 0.6) is 0 Å². The van der Waals surface area contributed by atoms with Gasteiger partial charge in [0.1, 0.15) is 18.1 Å². The lowest BCUT2D eigenvalue weighted by atomic mass is 10.0. The molecule has 0 aliphatic carbocycles. The molecule has 1 aliphatic rings. The fourth-order valence-corrected chi connectivity index (χ4v) is 5.00. The van der Waals surface area contributed by atoms with E-state index in [9.17, 15) is 19.2 Å². The van der Waals surface area contributed by atoms with Crippen LogP contribution in [0.4, 0.5) is 0 Å². The number of nitrogens with one attached hydrogen (secondary N) is 2. The summed E-state index contributed by atoms with van der Waals surface area (Å²) >= 11 is 0. The summed E-state index contributed by atoms with van der Waals surface area (Å²) in [6.45, 7) is 1.16. The summed E-state index contributed by atoms with van der Waals surface area (Å²) in [5.74, 6) is -1.90. The van der Waals surface area contributed by atoms with Crippen LogP contribution in [0.25, 0.3) is 10.9 Å². The highest BCUT2D eigenvalue weighted by Gasteiger charge is 2.36. The number of hydrogen-bond donors (Lipinski definition) is 6. The molecule has 0 bridgehead atoms. The first kappa shape index (κ1) is 31.3. The standard InChI is InChI=1S/C28H41N9O4/c29-13-2-1-10-21(26(40)35-20(25(30)39)11-5-15-34-28(31)32)36-27(41)22-12-6-16-37(22)23(38)17-19-8-3-7-18-9-4-14-33-24(18)19/h3-4,7-9,14,20-22H,1-2,5-6,10-13,15-17,29H2,(H2,30,39)(H,35,40)(H,36,41)(H4,31,32,34). The number of nitrogens with zero attached hydrogens (tertiary/aromatic N) is 3. The predicted molar refractivity (Wildman–Crippen MR) is 156 cm³/mol. The quantitative estimate of drug-likeness (QED) is 0.0923. The van der Waals surface area contributed by atoms with Gasteiger partial charge >= 0.3 is 0 Å². The van der Waals surface area contributed by atoms with E-state index in [1.165, 1.54) is 0 Å². The smallest absolute Gasteiger partial charge is 0.243 e. The van der Waals surface area contributed by atoms with Crippen molar-refractivity contribution in [3.63, 3.8) is 0 Å². The van der Waals surface area contributed by atoms with Crippen molar-refractivity contribution in [3.05, 3.63) is 42.1 Å². The Morgan fingerprint density at radius 2 is 1.76 bits per heavy atom. The maximum atomic E-state index is 13.4. The second kappa shape index (κ2) is 15.5. The molecule has 10 N–H and O–H groups in total. The van der Waals surface area contributed by atoms with Gasteiger partial charge in [0, 0.05) is 24.7 Å². The number of aromatic nitrogens is 1. The predicted octanol–water partition coefficient (Wildman–Crippen LogP) is -0.594. The summed E-state index contributed by atoms with van der Waals surface area (Å²) in [7, 11) is 0. The molecule has 0 spiro atoms. The number of unbranched alkanes of at least 4 members (excludes halogenated alkanes) is 1. The second-order valence-electron chi connectivity index (χ2n) is 10.2. The van der Waals surface area contributed by atoms with Crippen LogP contribution in [-0.4, -0.2) is 77.2 Å². The lowest BCUT2D eigenvalue weighted by Gasteiger charge is -2.27. The van der Waals surface area contributed by atoms with E-state index in [0.29, 0.717) is 51.6 Å². The van der Waals surface area contributed by atoms with Crippen LogP contribution >= 0.6 is 0 Å². The number of guanidine groups is 1. The van der Waals surface area contributed by atoms with Crippen molar-refractivity contribution >= 4 is 40.5 Å². The molecule has 41 heavy (non-hydrogen) atoms. The van der Waals surface area contributed by atoms with Gasteiger partial charge in [-0.1, -0.05) is 24.3 Å². The van der Waals surface area contributed by atoms with Crippen molar-refractivity contribution in [3.8, 4) is 0 Å². The molecule has 1 saturated heterocycles. The number of aliphatic imine (C=N–C) groups is 1. The molecular formula is C28H41N9O4. The summed E-state index contributed by atoms with van der Waals surface area (Å²) in [6.07, 6.45) is 5.15. The van der Waals surface area contributed by atoms with E-state index in [1.807, 2.05) is 30.3 Å². The normalized spacial score (nSPS) is 16.1. The monoisotopic (exact) mass is 567 g/mol. The van der Waals surface area contributed by atoms with Crippen LogP contribution in [0.15, 0.2) is 41.5 Å². The van der Waals surface area contributed by atoms with Crippen LogP contribution in [0, 0.1) is 0 Å². The Kier molecular flexibility index (Phi) is 11.8. The van der Waals surface area contributed by atoms with E-state index in [2.05, 4.69) is 20.6 Å². The topological polar surface area (TPSA) is 225 Å². The molecule has 0 saturated carbocycles. The zero-order valence-corrected chi connectivity index (χ0v) is 23.3. The van der Waals surface area contributed by atoms with Crippen molar-refractivity contribution in [1.82, 2.24) is 20.5 Å². The first-order valence-corrected chi connectivity index (χ1v) is 14.0. The number of hydrogen-bond acceptors (Lipinski definition) is 7. The van der Waals surface area contributed by atoms with Gasteiger partial charge in [-0.05, 0) is 63.1 Å². The number of para-hydroxylation sites is 1. The number of carbonyl (C=O) groups is 4. The third-order valence-corrected chi connectivity index (χ3v) is 7.12. The minimum absolute atomic E-state index is 0.0689. The van der Waals surface area contributed by atoms with E-state index in [4.69, 9.17) is 22.9 Å². The van der Waals surface area contributed by atoms with Crippen LogP contribution < -0.4 is 33.6 Å². The van der Waals surface area contributed by atoms with Gasteiger partial charge < -0.3 is 38.5 Å². The number of carbonyl (C=O) groups excluding carboxylic acids is 4. The summed E-state index contributed by atoms with van der Waals surface area (Å²) in [5.41, 5.74) is 23.3. The molecule has 3 atom stereocenters. The van der Waals surface area contributed by atoms with Crippen LogP contribution in [0.2, 0.25) is 0 Å². The van der Waals surface area contributed by atoms with Crippen molar-refractivity contribution < 1.29 is 19.2 Å². The lowest BCUT2D eigenvalue weighted by molar-refractivity contribution is -0.139. The molecule has 222 valence electrons. The Balaban J connectivity index is 1.67. The molecule has 2 aromatic rings. The van der Waals surface area contributed by atoms with Gasteiger partial charge in [0.25, 0.3) is 0 Å². The zero-order chi connectivity index (χ0) is 29.8. The van der Waals surface area contributed by atoms with E-state index in [0.717, 1.165) is 16.5 Å². The van der Waals surface area contributed by atoms with Crippen LogP contribution in [0.3, 0.4) is 0 Å². The highest BCUT2D eigenvalue weighted by molar-refractivity contribution is 5.95. The molecule has 13 heteroatoms.